The average molecular weight is 334 g/mol. The SMILES string of the molecule is O=C(O)c1ccc(S(=O)(=O)N2C[C@@H]3OCO[C@@H]3C2)c(Cl)c1. The molecule has 0 spiro atoms. The second-order valence-electron chi connectivity index (χ2n) is 4.80. The Bertz CT molecular complexity index is 679. The molecule has 2 saturated heterocycles. The second-order valence-corrected chi connectivity index (χ2v) is 7.11. The van der Waals surface area contributed by atoms with E-state index in [4.69, 9.17) is 26.2 Å². The number of ether oxygens (including phenoxy) is 2. The summed E-state index contributed by atoms with van der Waals surface area (Å²) in [5, 5.41) is 8.76. The molecule has 21 heavy (non-hydrogen) atoms. The number of rotatable bonds is 3. The van der Waals surface area contributed by atoms with Crippen LogP contribution in [-0.4, -0.2) is 55.9 Å². The van der Waals surface area contributed by atoms with Crippen molar-refractivity contribution in [3.8, 4) is 0 Å². The highest BCUT2D eigenvalue weighted by molar-refractivity contribution is 7.89. The highest BCUT2D eigenvalue weighted by Crippen LogP contribution is 2.31. The van der Waals surface area contributed by atoms with Crippen LogP contribution in [0.1, 0.15) is 10.4 Å². The highest BCUT2D eigenvalue weighted by Gasteiger charge is 2.44. The van der Waals surface area contributed by atoms with Gasteiger partial charge in [-0.15, -0.1) is 0 Å². The molecule has 114 valence electrons. The zero-order valence-corrected chi connectivity index (χ0v) is 12.3. The topological polar surface area (TPSA) is 93.1 Å². The van der Waals surface area contributed by atoms with Gasteiger partial charge in [-0.2, -0.15) is 4.31 Å². The van der Waals surface area contributed by atoms with Gasteiger partial charge < -0.3 is 14.6 Å². The lowest BCUT2D eigenvalue weighted by molar-refractivity contribution is 0.0244. The van der Waals surface area contributed by atoms with E-state index in [-0.39, 0.29) is 47.6 Å². The van der Waals surface area contributed by atoms with Crippen LogP contribution < -0.4 is 0 Å². The Kier molecular flexibility index (Phi) is 3.66. The monoisotopic (exact) mass is 333 g/mol. The number of carbonyl (C=O) groups is 1. The molecule has 2 heterocycles. The molecule has 0 bridgehead atoms. The average Bonchev–Trinajstić information content (AvgIpc) is 2.98. The highest BCUT2D eigenvalue weighted by atomic mass is 35.5. The van der Waals surface area contributed by atoms with Crippen LogP contribution >= 0.6 is 11.6 Å². The van der Waals surface area contributed by atoms with Crippen molar-refractivity contribution in [2.75, 3.05) is 19.9 Å². The van der Waals surface area contributed by atoms with E-state index in [9.17, 15) is 13.2 Å². The molecule has 1 aromatic carbocycles. The molecular weight excluding hydrogens is 322 g/mol. The molecule has 3 rings (SSSR count). The maximum absolute atomic E-state index is 12.6. The van der Waals surface area contributed by atoms with Gasteiger partial charge in [0.2, 0.25) is 10.0 Å². The third-order valence-electron chi connectivity index (χ3n) is 3.54. The fourth-order valence-corrected chi connectivity index (χ4v) is 4.41. The van der Waals surface area contributed by atoms with Gasteiger partial charge in [0.1, 0.15) is 23.9 Å². The molecule has 0 saturated carbocycles. The third-order valence-corrected chi connectivity index (χ3v) is 5.86. The van der Waals surface area contributed by atoms with E-state index in [1.807, 2.05) is 0 Å². The summed E-state index contributed by atoms with van der Waals surface area (Å²) in [5.41, 5.74) is -0.0658. The van der Waals surface area contributed by atoms with Gasteiger partial charge in [-0.25, -0.2) is 13.2 Å². The Balaban J connectivity index is 1.90. The molecule has 2 aliphatic rings. The van der Waals surface area contributed by atoms with Gasteiger partial charge in [0, 0.05) is 13.1 Å². The minimum atomic E-state index is -3.81. The number of hydrogen-bond acceptors (Lipinski definition) is 5. The molecule has 0 unspecified atom stereocenters. The number of fused-ring (bicyclic) bond motifs is 1. The number of hydrogen-bond donors (Lipinski definition) is 1. The lowest BCUT2D eigenvalue weighted by Crippen LogP contribution is -2.31. The van der Waals surface area contributed by atoms with Crippen LogP contribution in [0.2, 0.25) is 5.02 Å². The lowest BCUT2D eigenvalue weighted by Gasteiger charge is -2.18. The smallest absolute Gasteiger partial charge is 0.335 e. The summed E-state index contributed by atoms with van der Waals surface area (Å²) in [6.07, 6.45) is -0.534. The number of carboxylic acid groups (broad SMARTS) is 1. The molecule has 9 heteroatoms. The molecule has 0 amide bonds. The van der Waals surface area contributed by atoms with Crippen molar-refractivity contribution in [1.82, 2.24) is 4.31 Å². The zero-order valence-electron chi connectivity index (χ0n) is 10.7. The van der Waals surface area contributed by atoms with Gasteiger partial charge in [-0.3, -0.25) is 0 Å². The minimum absolute atomic E-state index is 0.0658. The summed E-state index contributed by atoms with van der Waals surface area (Å²) in [7, 11) is -3.81. The molecule has 0 aromatic heterocycles. The quantitative estimate of drug-likeness (QED) is 0.878. The van der Waals surface area contributed by atoms with Crippen molar-refractivity contribution in [3.63, 3.8) is 0 Å². The van der Waals surface area contributed by atoms with E-state index in [1.165, 1.54) is 16.4 Å². The molecule has 2 aliphatic heterocycles. The van der Waals surface area contributed by atoms with Gasteiger partial charge in [-0.1, -0.05) is 11.6 Å². The van der Waals surface area contributed by atoms with Crippen LogP contribution in [-0.2, 0) is 19.5 Å². The molecule has 0 radical (unpaired) electrons. The van der Waals surface area contributed by atoms with Gasteiger partial charge in [-0.05, 0) is 18.2 Å². The van der Waals surface area contributed by atoms with Crippen LogP contribution in [0.25, 0.3) is 0 Å². The Labute approximate surface area is 126 Å². The summed E-state index contributed by atoms with van der Waals surface area (Å²) in [4.78, 5) is 10.7. The van der Waals surface area contributed by atoms with Crippen molar-refractivity contribution in [2.24, 2.45) is 0 Å². The van der Waals surface area contributed by atoms with Crippen molar-refractivity contribution >= 4 is 27.6 Å². The number of nitrogens with zero attached hydrogens (tertiary/aromatic N) is 1. The molecule has 0 aliphatic carbocycles. The van der Waals surface area contributed by atoms with E-state index in [1.54, 1.807) is 0 Å². The normalized spacial score (nSPS) is 26.0. The van der Waals surface area contributed by atoms with Crippen LogP contribution in [0.4, 0.5) is 0 Å². The predicted octanol–water partition coefficient (Wildman–Crippen LogP) is 0.784. The predicted molar refractivity (Wildman–Crippen MR) is 71.8 cm³/mol. The summed E-state index contributed by atoms with van der Waals surface area (Å²) in [5.74, 6) is -1.17. The van der Waals surface area contributed by atoms with E-state index in [0.717, 1.165) is 6.07 Å². The first kappa shape index (κ1) is 14.7. The first-order valence-corrected chi connectivity index (χ1v) is 7.97. The molecule has 1 N–H and O–H groups in total. The number of benzene rings is 1. The van der Waals surface area contributed by atoms with Crippen molar-refractivity contribution in [2.45, 2.75) is 17.1 Å². The van der Waals surface area contributed by atoms with E-state index in [2.05, 4.69) is 0 Å². The lowest BCUT2D eigenvalue weighted by atomic mass is 10.2. The second kappa shape index (κ2) is 5.22. The van der Waals surface area contributed by atoms with Gasteiger partial charge in [0.15, 0.2) is 0 Å². The summed E-state index contributed by atoms with van der Waals surface area (Å²) < 4.78 is 36.9. The van der Waals surface area contributed by atoms with E-state index < -0.39 is 16.0 Å². The Morgan fingerprint density at radius 2 is 1.90 bits per heavy atom. The number of aromatic carboxylic acids is 1. The van der Waals surface area contributed by atoms with Gasteiger partial charge in [0.05, 0.1) is 10.6 Å². The maximum atomic E-state index is 12.6. The van der Waals surface area contributed by atoms with Gasteiger partial charge >= 0.3 is 5.97 Å². The van der Waals surface area contributed by atoms with Crippen LogP contribution in [0.15, 0.2) is 23.1 Å². The van der Waals surface area contributed by atoms with Gasteiger partial charge in [0.25, 0.3) is 0 Å². The molecule has 7 nitrogen and oxygen atoms in total. The largest absolute Gasteiger partial charge is 0.478 e. The van der Waals surface area contributed by atoms with E-state index >= 15 is 0 Å². The molecule has 2 fully saturated rings. The first-order valence-electron chi connectivity index (χ1n) is 6.16. The van der Waals surface area contributed by atoms with Crippen LogP contribution in [0, 0.1) is 0 Å². The van der Waals surface area contributed by atoms with Crippen molar-refractivity contribution in [1.29, 1.82) is 0 Å². The van der Waals surface area contributed by atoms with Crippen molar-refractivity contribution in [3.05, 3.63) is 28.8 Å². The molecule has 1 aromatic rings. The number of halogens is 1. The third kappa shape index (κ3) is 2.53. The summed E-state index contributed by atoms with van der Waals surface area (Å²) >= 11 is 5.93. The molecule has 2 atom stereocenters. The number of carboxylic acids is 1. The van der Waals surface area contributed by atoms with Crippen LogP contribution in [0.3, 0.4) is 0 Å². The van der Waals surface area contributed by atoms with Crippen molar-refractivity contribution < 1.29 is 27.8 Å². The Morgan fingerprint density at radius 1 is 1.29 bits per heavy atom. The zero-order chi connectivity index (χ0) is 15.2. The standard InChI is InChI=1S/C12H12ClNO6S/c13-8-3-7(12(15)16)1-2-11(8)21(17,18)14-4-9-10(5-14)20-6-19-9/h1-3,9-10H,4-6H2,(H,15,16)/t9-,10+. The fraction of sp³-hybridized carbons (Fsp3) is 0.417. The Hall–Kier alpha value is -1.19. The molecular formula is C12H12ClNO6S. The van der Waals surface area contributed by atoms with Crippen LogP contribution in [0.5, 0.6) is 0 Å². The first-order chi connectivity index (χ1) is 9.89. The maximum Gasteiger partial charge on any atom is 0.335 e. The number of sulfonamides is 1. The summed E-state index contributed by atoms with van der Waals surface area (Å²) in [6, 6.07) is 3.54. The minimum Gasteiger partial charge on any atom is -0.478 e. The van der Waals surface area contributed by atoms with E-state index in [0.29, 0.717) is 0 Å². The Morgan fingerprint density at radius 3 is 2.43 bits per heavy atom. The fourth-order valence-electron chi connectivity index (χ4n) is 2.42. The summed E-state index contributed by atoms with van der Waals surface area (Å²) in [6.45, 7) is 0.575.